The van der Waals surface area contributed by atoms with Gasteiger partial charge in [0.15, 0.2) is 14.6 Å². The van der Waals surface area contributed by atoms with Crippen LogP contribution in [0.4, 0.5) is 4.39 Å². The average Bonchev–Trinajstić information content (AvgIpc) is 2.96. The first-order valence-corrected chi connectivity index (χ1v) is 10.5. The Morgan fingerprint density at radius 3 is 2.59 bits per heavy atom. The van der Waals surface area contributed by atoms with Gasteiger partial charge in [0.25, 0.3) is 0 Å². The zero-order valence-electron chi connectivity index (χ0n) is 14.7. The van der Waals surface area contributed by atoms with Gasteiger partial charge in [0, 0.05) is 13.5 Å². The molecule has 0 bridgehead atoms. The predicted octanol–water partition coefficient (Wildman–Crippen LogP) is 2.68. The van der Waals surface area contributed by atoms with Gasteiger partial charge in [-0.25, -0.2) is 12.8 Å². The highest BCUT2D eigenvalue weighted by molar-refractivity contribution is 7.91. The topological polar surface area (TPSA) is 77.7 Å². The first kappa shape index (κ1) is 19.2. The molecule has 3 aromatic rings. The normalized spacial score (nSPS) is 12.5. The smallest absolute Gasteiger partial charge is 0.249 e. The fourth-order valence-electron chi connectivity index (χ4n) is 2.58. The van der Waals surface area contributed by atoms with Crippen LogP contribution in [-0.4, -0.2) is 31.8 Å². The van der Waals surface area contributed by atoms with E-state index in [1.165, 1.54) is 23.5 Å². The summed E-state index contributed by atoms with van der Waals surface area (Å²) in [4.78, 5) is 16.7. The number of sulfone groups is 1. The lowest BCUT2D eigenvalue weighted by Gasteiger charge is -2.03. The highest BCUT2D eigenvalue weighted by Crippen LogP contribution is 2.26. The van der Waals surface area contributed by atoms with Crippen LogP contribution in [0.3, 0.4) is 0 Å². The third kappa shape index (κ3) is 4.09. The molecule has 2 aromatic carbocycles. The minimum Gasteiger partial charge on any atom is -0.495 e. The minimum absolute atomic E-state index is 0.0196. The van der Waals surface area contributed by atoms with Crippen LogP contribution in [0.2, 0.25) is 0 Å². The van der Waals surface area contributed by atoms with Crippen molar-refractivity contribution in [2.45, 2.75) is 11.3 Å². The van der Waals surface area contributed by atoms with Crippen molar-refractivity contribution in [1.82, 2.24) is 4.57 Å². The molecule has 0 radical (unpaired) electrons. The Morgan fingerprint density at radius 1 is 1.22 bits per heavy atom. The van der Waals surface area contributed by atoms with Gasteiger partial charge in [0.05, 0.1) is 22.5 Å². The van der Waals surface area contributed by atoms with Crippen molar-refractivity contribution in [2.24, 2.45) is 12.0 Å². The molecule has 9 heteroatoms. The molecule has 0 unspecified atom stereocenters. The second-order valence-corrected chi connectivity index (χ2v) is 8.90. The molecule has 0 aliphatic heterocycles. The summed E-state index contributed by atoms with van der Waals surface area (Å²) in [6.07, 6.45) is -0.259. The van der Waals surface area contributed by atoms with E-state index < -0.39 is 21.6 Å². The van der Waals surface area contributed by atoms with Crippen molar-refractivity contribution in [1.29, 1.82) is 0 Å². The van der Waals surface area contributed by atoms with Gasteiger partial charge in [-0.05, 0) is 36.4 Å². The van der Waals surface area contributed by atoms with Gasteiger partial charge in [-0.1, -0.05) is 17.4 Å². The largest absolute Gasteiger partial charge is 0.495 e. The Hall–Kier alpha value is -2.52. The van der Waals surface area contributed by atoms with Crippen molar-refractivity contribution in [2.75, 3.05) is 12.9 Å². The number of thiazole rings is 1. The standard InChI is InChI=1S/C18H17FN2O4S2/c1-21-17-14(25-2)4-3-5-15(17)26-18(21)20-16(22)10-11-27(23,24)13-8-6-12(19)7-9-13/h3-9H,10-11H2,1-2H3. The number of hydrogen-bond acceptors (Lipinski definition) is 5. The number of aryl methyl sites for hydroxylation is 1. The quantitative estimate of drug-likeness (QED) is 0.608. The van der Waals surface area contributed by atoms with Crippen molar-refractivity contribution in [3.63, 3.8) is 0 Å². The zero-order chi connectivity index (χ0) is 19.6. The van der Waals surface area contributed by atoms with Crippen molar-refractivity contribution < 1.29 is 22.3 Å². The van der Waals surface area contributed by atoms with Crippen LogP contribution >= 0.6 is 11.3 Å². The lowest BCUT2D eigenvalue weighted by molar-refractivity contribution is -0.117. The number of methoxy groups -OCH3 is 1. The van der Waals surface area contributed by atoms with Gasteiger partial charge in [-0.15, -0.1) is 0 Å². The summed E-state index contributed by atoms with van der Waals surface area (Å²) in [5.74, 6) is -0.785. The number of carbonyl (C=O) groups is 1. The second-order valence-electron chi connectivity index (χ2n) is 5.78. The van der Waals surface area contributed by atoms with Gasteiger partial charge in [0.1, 0.15) is 17.1 Å². The highest BCUT2D eigenvalue weighted by atomic mass is 32.2. The van der Waals surface area contributed by atoms with Crippen LogP contribution in [0.1, 0.15) is 6.42 Å². The first-order valence-electron chi connectivity index (χ1n) is 8.00. The maximum absolute atomic E-state index is 12.9. The number of carbonyl (C=O) groups excluding carboxylic acids is 1. The summed E-state index contributed by atoms with van der Waals surface area (Å²) in [7, 11) is -0.350. The molecule has 1 amide bonds. The van der Waals surface area contributed by atoms with E-state index in [1.807, 2.05) is 18.2 Å². The van der Waals surface area contributed by atoms with E-state index in [2.05, 4.69) is 4.99 Å². The molecule has 142 valence electrons. The number of hydrogen-bond donors (Lipinski definition) is 0. The third-order valence-corrected chi connectivity index (χ3v) is 6.81. The van der Waals surface area contributed by atoms with E-state index in [0.29, 0.717) is 10.6 Å². The molecule has 0 aliphatic rings. The van der Waals surface area contributed by atoms with Gasteiger partial charge >= 0.3 is 0 Å². The maximum Gasteiger partial charge on any atom is 0.249 e. The van der Waals surface area contributed by atoms with Crippen LogP contribution in [0, 0.1) is 5.82 Å². The summed E-state index contributed by atoms with van der Waals surface area (Å²) in [5.41, 5.74) is 0.815. The fourth-order valence-corrected chi connectivity index (χ4v) is 4.87. The summed E-state index contributed by atoms with van der Waals surface area (Å²) in [6.45, 7) is 0. The molecular formula is C18H17FN2O4S2. The molecule has 1 aromatic heterocycles. The first-order chi connectivity index (χ1) is 12.8. The predicted molar refractivity (Wildman–Crippen MR) is 101 cm³/mol. The van der Waals surface area contributed by atoms with Gasteiger partial charge < -0.3 is 9.30 Å². The Bertz CT molecular complexity index is 1160. The number of fused-ring (bicyclic) bond motifs is 1. The number of para-hydroxylation sites is 1. The molecule has 1 heterocycles. The summed E-state index contributed by atoms with van der Waals surface area (Å²) in [6, 6.07) is 10.1. The second kappa shape index (κ2) is 7.61. The van der Waals surface area contributed by atoms with E-state index in [0.717, 1.165) is 22.3 Å². The molecule has 0 atom stereocenters. The molecule has 0 fully saturated rings. The van der Waals surface area contributed by atoms with Crippen LogP contribution in [0.15, 0.2) is 52.4 Å². The molecule has 0 spiro atoms. The van der Waals surface area contributed by atoms with Crippen LogP contribution in [0.25, 0.3) is 10.2 Å². The van der Waals surface area contributed by atoms with Gasteiger partial charge in [-0.2, -0.15) is 4.99 Å². The SMILES string of the molecule is COc1cccc2sc(=NC(=O)CCS(=O)(=O)c3ccc(F)cc3)n(C)c12. The Kier molecular flexibility index (Phi) is 5.43. The van der Waals surface area contributed by atoms with Crippen LogP contribution < -0.4 is 9.54 Å². The summed E-state index contributed by atoms with van der Waals surface area (Å²) >= 11 is 1.32. The molecule has 6 nitrogen and oxygen atoms in total. The van der Waals surface area contributed by atoms with E-state index in [4.69, 9.17) is 4.74 Å². The molecule has 0 saturated heterocycles. The number of aromatic nitrogens is 1. The number of benzene rings is 2. The highest BCUT2D eigenvalue weighted by Gasteiger charge is 2.17. The fraction of sp³-hybridized carbons (Fsp3) is 0.222. The Labute approximate surface area is 159 Å². The molecule has 0 saturated carbocycles. The van der Waals surface area contributed by atoms with Crippen LogP contribution in [-0.2, 0) is 21.7 Å². The molecule has 0 aliphatic carbocycles. The summed E-state index contributed by atoms with van der Waals surface area (Å²) in [5, 5.41) is 0. The Morgan fingerprint density at radius 2 is 1.93 bits per heavy atom. The van der Waals surface area contributed by atoms with Gasteiger partial charge in [0.2, 0.25) is 5.91 Å². The van der Waals surface area contributed by atoms with E-state index in [9.17, 15) is 17.6 Å². The molecule has 27 heavy (non-hydrogen) atoms. The van der Waals surface area contributed by atoms with E-state index in [-0.39, 0.29) is 17.1 Å². The minimum atomic E-state index is -3.68. The number of amides is 1. The molecule has 0 N–H and O–H groups in total. The van der Waals surface area contributed by atoms with Crippen molar-refractivity contribution in [3.8, 4) is 5.75 Å². The number of ether oxygens (including phenoxy) is 1. The monoisotopic (exact) mass is 408 g/mol. The summed E-state index contributed by atoms with van der Waals surface area (Å²) < 4.78 is 45.4. The lowest BCUT2D eigenvalue weighted by atomic mass is 10.3. The van der Waals surface area contributed by atoms with E-state index in [1.54, 1.807) is 18.7 Å². The van der Waals surface area contributed by atoms with E-state index >= 15 is 0 Å². The Balaban J connectivity index is 1.82. The van der Waals surface area contributed by atoms with Crippen molar-refractivity contribution in [3.05, 3.63) is 53.1 Å². The number of rotatable bonds is 5. The lowest BCUT2D eigenvalue weighted by Crippen LogP contribution is -2.16. The average molecular weight is 408 g/mol. The third-order valence-electron chi connectivity index (χ3n) is 3.98. The zero-order valence-corrected chi connectivity index (χ0v) is 16.3. The molecule has 3 rings (SSSR count). The number of nitrogens with zero attached hydrogens (tertiary/aromatic N) is 2. The van der Waals surface area contributed by atoms with Crippen LogP contribution in [0.5, 0.6) is 5.75 Å². The maximum atomic E-state index is 12.9. The number of halogens is 1. The van der Waals surface area contributed by atoms with Gasteiger partial charge in [-0.3, -0.25) is 4.79 Å². The molecular weight excluding hydrogens is 391 g/mol. The van der Waals surface area contributed by atoms with Crippen molar-refractivity contribution >= 4 is 37.3 Å².